The summed E-state index contributed by atoms with van der Waals surface area (Å²) in [5.41, 5.74) is 0. The van der Waals surface area contributed by atoms with E-state index >= 15 is 0 Å². The molecule has 0 aromatic carbocycles. The normalized spacial score (nSPS) is 7.00. The third-order valence-electron chi connectivity index (χ3n) is 0.462. The van der Waals surface area contributed by atoms with E-state index in [0.29, 0.717) is 6.61 Å². The Hall–Kier alpha value is -0.540. The molecule has 0 saturated heterocycles. The Kier molecular flexibility index (Phi) is 19.6. The number of hydrogen-bond acceptors (Lipinski definition) is 3. The summed E-state index contributed by atoms with van der Waals surface area (Å²) >= 11 is 0. The second kappa shape index (κ2) is 15.7. The summed E-state index contributed by atoms with van der Waals surface area (Å²) in [4.78, 5) is 0. The first kappa shape index (κ1) is 11.3. The van der Waals surface area contributed by atoms with Crippen LogP contribution in [0.25, 0.3) is 0 Å². The number of ether oxygens (including phenoxy) is 2. The third-order valence-corrected chi connectivity index (χ3v) is 0.462. The number of aliphatic hydroxyl groups is 1. The maximum absolute atomic E-state index is 7.94. The molecular formula is C6H14O3. The fourth-order valence-electron chi connectivity index (χ4n) is 0.0913. The van der Waals surface area contributed by atoms with Crippen LogP contribution >= 0.6 is 0 Å². The maximum Gasteiger partial charge on any atom is 0.0766 e. The zero-order valence-corrected chi connectivity index (χ0v) is 5.96. The fraction of sp³-hybridized carbons (Fsp3) is 0.667. The predicted molar refractivity (Wildman–Crippen MR) is 36.2 cm³/mol. The fourth-order valence-corrected chi connectivity index (χ4v) is 0.0913. The first-order valence-electron chi connectivity index (χ1n) is 2.57. The number of hydrogen-bond donors (Lipinski definition) is 1. The van der Waals surface area contributed by atoms with Crippen LogP contribution in [0.4, 0.5) is 0 Å². The summed E-state index contributed by atoms with van der Waals surface area (Å²) in [6, 6.07) is 0. The van der Waals surface area contributed by atoms with Crippen LogP contribution in [0.2, 0.25) is 0 Å². The minimum atomic E-state index is 0.122. The van der Waals surface area contributed by atoms with E-state index in [0.717, 1.165) is 0 Å². The summed E-state index contributed by atoms with van der Waals surface area (Å²) in [6.45, 7) is 3.82. The summed E-state index contributed by atoms with van der Waals surface area (Å²) in [5, 5.41) is 7.94. The summed E-state index contributed by atoms with van der Waals surface area (Å²) in [7, 11) is 3.11. The van der Waals surface area contributed by atoms with Gasteiger partial charge < -0.3 is 14.6 Å². The molecule has 0 amide bonds. The van der Waals surface area contributed by atoms with Gasteiger partial charge >= 0.3 is 0 Å². The van der Waals surface area contributed by atoms with Crippen molar-refractivity contribution >= 4 is 0 Å². The molecule has 0 saturated carbocycles. The van der Waals surface area contributed by atoms with Gasteiger partial charge in [-0.3, -0.25) is 0 Å². The Morgan fingerprint density at radius 2 is 2.00 bits per heavy atom. The van der Waals surface area contributed by atoms with E-state index in [-0.39, 0.29) is 6.61 Å². The van der Waals surface area contributed by atoms with Crippen LogP contribution in [0.1, 0.15) is 0 Å². The average Bonchev–Trinajstić information content (AvgIpc) is 1.91. The van der Waals surface area contributed by atoms with Gasteiger partial charge in [0.25, 0.3) is 0 Å². The van der Waals surface area contributed by atoms with Gasteiger partial charge in [-0.2, -0.15) is 0 Å². The molecule has 0 aliphatic heterocycles. The number of aliphatic hydroxyl groups excluding tert-OH is 1. The van der Waals surface area contributed by atoms with E-state index < -0.39 is 0 Å². The highest BCUT2D eigenvalue weighted by atomic mass is 16.5. The van der Waals surface area contributed by atoms with Gasteiger partial charge in [-0.15, -0.1) is 0 Å². The summed E-state index contributed by atoms with van der Waals surface area (Å²) in [5.74, 6) is 0. The molecule has 0 fully saturated rings. The van der Waals surface area contributed by atoms with E-state index in [4.69, 9.17) is 5.11 Å². The molecule has 0 atom stereocenters. The van der Waals surface area contributed by atoms with Gasteiger partial charge in [0.15, 0.2) is 0 Å². The molecule has 0 radical (unpaired) electrons. The average molecular weight is 134 g/mol. The van der Waals surface area contributed by atoms with Gasteiger partial charge in [0.05, 0.1) is 26.6 Å². The minimum absolute atomic E-state index is 0.122. The SMILES string of the molecule is C=COC.COCCO. The molecule has 0 spiro atoms. The molecule has 0 bridgehead atoms. The molecule has 3 nitrogen and oxygen atoms in total. The highest BCUT2D eigenvalue weighted by Gasteiger charge is 1.67. The van der Waals surface area contributed by atoms with Crippen molar-refractivity contribution in [3.05, 3.63) is 12.8 Å². The molecule has 1 N–H and O–H groups in total. The van der Waals surface area contributed by atoms with Crippen LogP contribution < -0.4 is 0 Å². The van der Waals surface area contributed by atoms with Crippen LogP contribution in [-0.2, 0) is 9.47 Å². The Morgan fingerprint density at radius 1 is 1.56 bits per heavy atom. The molecule has 0 heterocycles. The Balaban J connectivity index is 0. The molecule has 0 rings (SSSR count). The van der Waals surface area contributed by atoms with Gasteiger partial charge in [-0.1, -0.05) is 6.58 Å². The van der Waals surface area contributed by atoms with Crippen LogP contribution in [-0.4, -0.2) is 32.5 Å². The first-order valence-corrected chi connectivity index (χ1v) is 2.57. The highest BCUT2D eigenvalue weighted by Crippen LogP contribution is 1.56. The van der Waals surface area contributed by atoms with E-state index in [1.165, 1.54) is 6.26 Å². The third kappa shape index (κ3) is 36.7. The van der Waals surface area contributed by atoms with Crippen LogP contribution in [0.5, 0.6) is 0 Å². The van der Waals surface area contributed by atoms with Crippen molar-refractivity contribution < 1.29 is 14.6 Å². The zero-order valence-electron chi connectivity index (χ0n) is 5.96. The molecule has 0 aromatic rings. The Bertz CT molecular complexity index is 43.6. The highest BCUT2D eigenvalue weighted by molar-refractivity contribution is 4.43. The Labute approximate surface area is 55.9 Å². The van der Waals surface area contributed by atoms with Crippen molar-refractivity contribution in [1.82, 2.24) is 0 Å². The van der Waals surface area contributed by atoms with E-state index in [9.17, 15) is 0 Å². The van der Waals surface area contributed by atoms with Crippen molar-refractivity contribution in [2.75, 3.05) is 27.4 Å². The molecular weight excluding hydrogens is 120 g/mol. The van der Waals surface area contributed by atoms with Crippen molar-refractivity contribution in [1.29, 1.82) is 0 Å². The van der Waals surface area contributed by atoms with Crippen molar-refractivity contribution in [2.45, 2.75) is 0 Å². The van der Waals surface area contributed by atoms with E-state index in [2.05, 4.69) is 16.1 Å². The smallest absolute Gasteiger partial charge is 0.0766 e. The molecule has 0 unspecified atom stereocenters. The van der Waals surface area contributed by atoms with Crippen LogP contribution in [0, 0.1) is 0 Å². The number of methoxy groups -OCH3 is 2. The van der Waals surface area contributed by atoms with Gasteiger partial charge in [0.2, 0.25) is 0 Å². The minimum Gasteiger partial charge on any atom is -0.505 e. The predicted octanol–water partition coefficient (Wildman–Crippen LogP) is 0.401. The number of rotatable bonds is 3. The zero-order chi connectivity index (χ0) is 7.54. The second-order valence-electron chi connectivity index (χ2n) is 1.12. The lowest BCUT2D eigenvalue weighted by molar-refractivity contribution is 0.135. The lowest BCUT2D eigenvalue weighted by atomic mass is 10.8. The van der Waals surface area contributed by atoms with Crippen LogP contribution in [0.3, 0.4) is 0 Å². The molecule has 0 aliphatic rings. The molecule has 56 valence electrons. The molecule has 0 aromatic heterocycles. The van der Waals surface area contributed by atoms with Gasteiger partial charge in [-0.25, -0.2) is 0 Å². The second-order valence-corrected chi connectivity index (χ2v) is 1.12. The maximum atomic E-state index is 7.94. The quantitative estimate of drug-likeness (QED) is 0.568. The van der Waals surface area contributed by atoms with Crippen molar-refractivity contribution in [2.24, 2.45) is 0 Å². The summed E-state index contributed by atoms with van der Waals surface area (Å²) in [6.07, 6.45) is 1.38. The van der Waals surface area contributed by atoms with Gasteiger partial charge in [0, 0.05) is 7.11 Å². The molecule has 9 heavy (non-hydrogen) atoms. The van der Waals surface area contributed by atoms with Gasteiger partial charge in [-0.05, 0) is 0 Å². The topological polar surface area (TPSA) is 38.7 Å². The first-order chi connectivity index (χ1) is 4.33. The van der Waals surface area contributed by atoms with Gasteiger partial charge in [0.1, 0.15) is 0 Å². The van der Waals surface area contributed by atoms with Crippen molar-refractivity contribution in [3.63, 3.8) is 0 Å². The van der Waals surface area contributed by atoms with E-state index in [1.807, 2.05) is 0 Å². The molecule has 0 aliphatic carbocycles. The van der Waals surface area contributed by atoms with E-state index in [1.54, 1.807) is 14.2 Å². The largest absolute Gasteiger partial charge is 0.505 e. The monoisotopic (exact) mass is 134 g/mol. The molecule has 3 heteroatoms. The standard InChI is InChI=1S/C3H8O2.C3H6O/c1-5-3-2-4;1-3-4-2/h4H,2-3H2,1H3;3H,1H2,2H3. The van der Waals surface area contributed by atoms with Crippen molar-refractivity contribution in [3.8, 4) is 0 Å². The lowest BCUT2D eigenvalue weighted by Crippen LogP contribution is -1.91. The Morgan fingerprint density at radius 3 is 2.00 bits per heavy atom. The van der Waals surface area contributed by atoms with Crippen LogP contribution in [0.15, 0.2) is 12.8 Å². The lowest BCUT2D eigenvalue weighted by Gasteiger charge is -1.84. The summed E-state index contributed by atoms with van der Waals surface area (Å²) < 4.78 is 8.75.